The first-order valence-corrected chi connectivity index (χ1v) is 5.63. The van der Waals surface area contributed by atoms with Crippen molar-refractivity contribution in [3.63, 3.8) is 0 Å². The van der Waals surface area contributed by atoms with Gasteiger partial charge in [-0.3, -0.25) is 9.69 Å². The third-order valence-corrected chi connectivity index (χ3v) is 3.02. The maximum atomic E-state index is 11.9. The van der Waals surface area contributed by atoms with E-state index in [1.165, 1.54) is 0 Å². The number of rotatable bonds is 4. The molecular weight excluding hydrogens is 202 g/mol. The molecule has 16 heavy (non-hydrogen) atoms. The van der Waals surface area contributed by atoms with E-state index in [1.807, 2.05) is 37.4 Å². The smallest absolute Gasteiger partial charge is 0.176 e. The van der Waals surface area contributed by atoms with Crippen LogP contribution in [0.1, 0.15) is 16.8 Å². The topological polar surface area (TPSA) is 29.5 Å². The molecule has 1 heterocycles. The first kappa shape index (κ1) is 11.3. The second-order valence-corrected chi connectivity index (χ2v) is 4.22. The molecule has 1 aliphatic heterocycles. The first-order valence-electron chi connectivity index (χ1n) is 5.63. The van der Waals surface area contributed by atoms with E-state index in [0.717, 1.165) is 25.2 Å². The number of carbonyl (C=O) groups excluding carboxylic acids is 1. The summed E-state index contributed by atoms with van der Waals surface area (Å²) in [5.74, 6) is 0.176. The molecule has 0 bridgehead atoms. The van der Waals surface area contributed by atoms with Gasteiger partial charge in [0.15, 0.2) is 5.78 Å². The number of nitrogens with zero attached hydrogens (tertiary/aromatic N) is 1. The summed E-state index contributed by atoms with van der Waals surface area (Å²) in [5, 5.41) is 0. The highest BCUT2D eigenvalue weighted by Crippen LogP contribution is 2.11. The van der Waals surface area contributed by atoms with Crippen LogP contribution >= 0.6 is 0 Å². The fraction of sp³-hybridized carbons (Fsp3) is 0.462. The molecular formula is C13H17NO2. The van der Waals surface area contributed by atoms with Gasteiger partial charge in [0.1, 0.15) is 0 Å². The molecule has 0 radical (unpaired) electrons. The summed E-state index contributed by atoms with van der Waals surface area (Å²) in [6.07, 6.45) is 1.03. The van der Waals surface area contributed by atoms with Crippen LogP contribution < -0.4 is 0 Å². The number of ketones is 1. The molecule has 0 spiro atoms. The molecule has 1 fully saturated rings. The van der Waals surface area contributed by atoms with Crippen LogP contribution in [-0.4, -0.2) is 43.5 Å². The molecule has 0 aromatic heterocycles. The molecule has 1 aromatic carbocycles. The molecule has 1 saturated heterocycles. The maximum absolute atomic E-state index is 11.9. The Bertz CT molecular complexity index is 344. The summed E-state index contributed by atoms with van der Waals surface area (Å²) in [6.45, 7) is 2.03. The zero-order valence-electron chi connectivity index (χ0n) is 9.56. The Balaban J connectivity index is 1.92. The van der Waals surface area contributed by atoms with E-state index >= 15 is 0 Å². The Hall–Kier alpha value is -1.19. The monoisotopic (exact) mass is 219 g/mol. The summed E-state index contributed by atoms with van der Waals surface area (Å²) in [7, 11) is 1.99. The summed E-state index contributed by atoms with van der Waals surface area (Å²) in [5.41, 5.74) is 0.785. The summed E-state index contributed by atoms with van der Waals surface area (Å²) < 4.78 is 5.31. The minimum atomic E-state index is 0.176. The predicted octanol–water partition coefficient (Wildman–Crippen LogP) is 1.59. The summed E-state index contributed by atoms with van der Waals surface area (Å²) in [4.78, 5) is 14.0. The highest BCUT2D eigenvalue weighted by Gasteiger charge is 2.22. The number of hydrogen-bond acceptors (Lipinski definition) is 3. The number of likely N-dealkylation sites (N-methyl/N-ethyl adjacent to an activating group) is 1. The largest absolute Gasteiger partial charge is 0.380 e. The van der Waals surface area contributed by atoms with Gasteiger partial charge in [0.2, 0.25) is 0 Å². The summed E-state index contributed by atoms with van der Waals surface area (Å²) >= 11 is 0. The van der Waals surface area contributed by atoms with Crippen LogP contribution in [0.3, 0.4) is 0 Å². The SMILES string of the molecule is CN(CC(=O)c1ccccc1)C1CCOC1. The number of ether oxygens (including phenoxy) is 1. The molecule has 3 heteroatoms. The zero-order chi connectivity index (χ0) is 11.4. The van der Waals surface area contributed by atoms with Crippen LogP contribution in [0, 0.1) is 0 Å². The van der Waals surface area contributed by atoms with E-state index in [0.29, 0.717) is 12.6 Å². The molecule has 1 unspecified atom stereocenters. The molecule has 3 nitrogen and oxygen atoms in total. The Kier molecular flexibility index (Phi) is 3.70. The molecule has 86 valence electrons. The molecule has 0 aliphatic carbocycles. The van der Waals surface area contributed by atoms with Gasteiger partial charge in [-0.25, -0.2) is 0 Å². The highest BCUT2D eigenvalue weighted by atomic mass is 16.5. The van der Waals surface area contributed by atoms with Crippen LogP contribution in [0.2, 0.25) is 0 Å². The molecule has 0 amide bonds. The van der Waals surface area contributed by atoms with Crippen molar-refractivity contribution in [1.29, 1.82) is 0 Å². The quantitative estimate of drug-likeness (QED) is 0.720. The van der Waals surface area contributed by atoms with Crippen molar-refractivity contribution >= 4 is 5.78 Å². The van der Waals surface area contributed by atoms with Crippen molar-refractivity contribution in [1.82, 2.24) is 4.90 Å². The van der Waals surface area contributed by atoms with E-state index < -0.39 is 0 Å². The van der Waals surface area contributed by atoms with Crippen LogP contribution in [0.25, 0.3) is 0 Å². The van der Waals surface area contributed by atoms with Crippen molar-refractivity contribution in [3.8, 4) is 0 Å². The lowest BCUT2D eigenvalue weighted by Gasteiger charge is -2.21. The molecule has 2 rings (SSSR count). The van der Waals surface area contributed by atoms with E-state index in [9.17, 15) is 4.79 Å². The minimum absolute atomic E-state index is 0.176. The molecule has 1 aromatic rings. The van der Waals surface area contributed by atoms with E-state index in [4.69, 9.17) is 4.74 Å². The minimum Gasteiger partial charge on any atom is -0.380 e. The van der Waals surface area contributed by atoms with Crippen molar-refractivity contribution in [2.45, 2.75) is 12.5 Å². The maximum Gasteiger partial charge on any atom is 0.176 e. The Labute approximate surface area is 96.0 Å². The standard InChI is InChI=1S/C13H17NO2/c1-14(12-7-8-16-10-12)9-13(15)11-5-3-2-4-6-11/h2-6,12H,7-10H2,1H3. The Morgan fingerprint density at radius 2 is 2.19 bits per heavy atom. The lowest BCUT2D eigenvalue weighted by molar-refractivity contribution is 0.0907. The van der Waals surface area contributed by atoms with E-state index in [2.05, 4.69) is 4.90 Å². The van der Waals surface area contributed by atoms with Gasteiger partial charge in [-0.05, 0) is 13.5 Å². The number of hydrogen-bond donors (Lipinski definition) is 0. The number of Topliss-reactive ketones (excluding diaryl/α,β-unsaturated/α-hetero) is 1. The first-order chi connectivity index (χ1) is 7.77. The highest BCUT2D eigenvalue weighted by molar-refractivity contribution is 5.97. The lowest BCUT2D eigenvalue weighted by Crippen LogP contribution is -2.36. The third-order valence-electron chi connectivity index (χ3n) is 3.02. The predicted molar refractivity (Wildman–Crippen MR) is 62.6 cm³/mol. The van der Waals surface area contributed by atoms with Gasteiger partial charge in [0, 0.05) is 18.2 Å². The third kappa shape index (κ3) is 2.68. The van der Waals surface area contributed by atoms with Crippen molar-refractivity contribution in [3.05, 3.63) is 35.9 Å². The van der Waals surface area contributed by atoms with Crippen LogP contribution in [-0.2, 0) is 4.74 Å². The molecule has 1 aliphatic rings. The van der Waals surface area contributed by atoms with Crippen molar-refractivity contribution < 1.29 is 9.53 Å². The second-order valence-electron chi connectivity index (χ2n) is 4.22. The average molecular weight is 219 g/mol. The van der Waals surface area contributed by atoms with E-state index in [-0.39, 0.29) is 5.78 Å². The fourth-order valence-corrected chi connectivity index (χ4v) is 1.94. The molecule has 0 N–H and O–H groups in total. The Morgan fingerprint density at radius 1 is 1.44 bits per heavy atom. The van der Waals surface area contributed by atoms with Crippen molar-refractivity contribution in [2.75, 3.05) is 26.8 Å². The molecule has 0 saturated carbocycles. The number of carbonyl (C=O) groups is 1. The fourth-order valence-electron chi connectivity index (χ4n) is 1.94. The second kappa shape index (κ2) is 5.23. The van der Waals surface area contributed by atoms with Gasteiger partial charge in [0.05, 0.1) is 13.2 Å². The van der Waals surface area contributed by atoms with Gasteiger partial charge in [-0.15, -0.1) is 0 Å². The van der Waals surface area contributed by atoms with Gasteiger partial charge in [-0.1, -0.05) is 30.3 Å². The van der Waals surface area contributed by atoms with Gasteiger partial charge in [-0.2, -0.15) is 0 Å². The van der Waals surface area contributed by atoms with Crippen molar-refractivity contribution in [2.24, 2.45) is 0 Å². The average Bonchev–Trinajstić information content (AvgIpc) is 2.83. The van der Waals surface area contributed by atoms with Gasteiger partial charge >= 0.3 is 0 Å². The zero-order valence-corrected chi connectivity index (χ0v) is 9.56. The van der Waals surface area contributed by atoms with Crippen LogP contribution in [0.15, 0.2) is 30.3 Å². The summed E-state index contributed by atoms with van der Waals surface area (Å²) in [6, 6.07) is 9.83. The Morgan fingerprint density at radius 3 is 2.81 bits per heavy atom. The normalized spacial score (nSPS) is 20.2. The van der Waals surface area contributed by atoms with Crippen LogP contribution in [0.5, 0.6) is 0 Å². The van der Waals surface area contributed by atoms with E-state index in [1.54, 1.807) is 0 Å². The lowest BCUT2D eigenvalue weighted by atomic mass is 10.1. The van der Waals surface area contributed by atoms with Gasteiger partial charge in [0.25, 0.3) is 0 Å². The van der Waals surface area contributed by atoms with Gasteiger partial charge < -0.3 is 4.74 Å². The number of benzene rings is 1. The molecule has 1 atom stereocenters. The van der Waals surface area contributed by atoms with Crippen LogP contribution in [0.4, 0.5) is 0 Å².